The van der Waals surface area contributed by atoms with Crippen LogP contribution < -0.4 is 0 Å². The average molecular weight is 264 g/mol. The molecule has 1 aliphatic heterocycles. The molecule has 19 heavy (non-hydrogen) atoms. The second kappa shape index (κ2) is 6.35. The number of aryl methyl sites for hydroxylation is 1. The molecule has 4 nitrogen and oxygen atoms in total. The molecule has 1 aliphatic rings. The van der Waals surface area contributed by atoms with E-state index in [1.165, 1.54) is 5.69 Å². The van der Waals surface area contributed by atoms with E-state index in [-0.39, 0.29) is 5.78 Å². The summed E-state index contributed by atoms with van der Waals surface area (Å²) in [6, 6.07) is 2.02. The summed E-state index contributed by atoms with van der Waals surface area (Å²) in [5.41, 5.74) is 3.14. The molecule has 1 fully saturated rings. The predicted octanol–water partition coefficient (Wildman–Crippen LogP) is 2.03. The van der Waals surface area contributed by atoms with Crippen molar-refractivity contribution in [3.8, 4) is 0 Å². The van der Waals surface area contributed by atoms with Crippen LogP contribution >= 0.6 is 0 Å². The Morgan fingerprint density at radius 2 is 2.11 bits per heavy atom. The highest BCUT2D eigenvalue weighted by Crippen LogP contribution is 2.16. The zero-order valence-corrected chi connectivity index (χ0v) is 12.2. The Hall–Kier alpha value is -1.13. The quantitative estimate of drug-likeness (QED) is 0.780. The summed E-state index contributed by atoms with van der Waals surface area (Å²) in [4.78, 5) is 14.6. The molecule has 0 spiro atoms. The molecule has 0 aliphatic carbocycles. The predicted molar refractivity (Wildman–Crippen MR) is 75.8 cm³/mol. The van der Waals surface area contributed by atoms with Crippen LogP contribution in [0.2, 0.25) is 0 Å². The van der Waals surface area contributed by atoms with E-state index < -0.39 is 0 Å². The zero-order valence-electron chi connectivity index (χ0n) is 12.2. The summed E-state index contributed by atoms with van der Waals surface area (Å²) in [6.45, 7) is 11.0. The van der Waals surface area contributed by atoms with Gasteiger partial charge in [0.25, 0.3) is 0 Å². The van der Waals surface area contributed by atoms with Crippen LogP contribution in [-0.4, -0.2) is 48.1 Å². The van der Waals surface area contributed by atoms with Crippen molar-refractivity contribution in [3.63, 3.8) is 0 Å². The molecule has 0 N–H and O–H groups in total. The van der Waals surface area contributed by atoms with Gasteiger partial charge in [0, 0.05) is 43.2 Å². The van der Waals surface area contributed by atoms with Crippen LogP contribution in [0.25, 0.3) is 0 Å². The summed E-state index contributed by atoms with van der Waals surface area (Å²) < 4.78 is 7.61. The normalized spacial score (nSPS) is 17.4. The van der Waals surface area contributed by atoms with Crippen molar-refractivity contribution >= 4 is 5.78 Å². The summed E-state index contributed by atoms with van der Waals surface area (Å²) >= 11 is 0. The fraction of sp³-hybridized carbons (Fsp3) is 0.667. The smallest absolute Gasteiger partial charge is 0.178 e. The summed E-state index contributed by atoms with van der Waals surface area (Å²) in [7, 11) is 0. The molecule has 106 valence electrons. The number of carbonyl (C=O) groups excluding carboxylic acids is 1. The minimum atomic E-state index is 0.231. The first-order chi connectivity index (χ1) is 9.13. The molecule has 1 saturated heterocycles. The first-order valence-corrected chi connectivity index (χ1v) is 7.13. The lowest BCUT2D eigenvalue weighted by molar-refractivity contribution is 0.0921. The SMILES string of the molecule is CCn1c(C)cc(C(=O)CN2CCCOCC2)c1C. The Morgan fingerprint density at radius 3 is 2.79 bits per heavy atom. The third-order valence-corrected chi connectivity index (χ3v) is 3.87. The van der Waals surface area contributed by atoms with Crippen molar-refractivity contribution in [1.82, 2.24) is 9.47 Å². The van der Waals surface area contributed by atoms with Crippen LogP contribution in [0.15, 0.2) is 6.07 Å². The molecule has 0 aromatic carbocycles. The van der Waals surface area contributed by atoms with E-state index in [0.29, 0.717) is 6.54 Å². The van der Waals surface area contributed by atoms with E-state index in [0.717, 1.165) is 50.5 Å². The van der Waals surface area contributed by atoms with Gasteiger partial charge in [0.05, 0.1) is 13.2 Å². The van der Waals surface area contributed by atoms with E-state index in [1.807, 2.05) is 13.0 Å². The monoisotopic (exact) mass is 264 g/mol. The zero-order chi connectivity index (χ0) is 13.8. The molecule has 0 unspecified atom stereocenters. The molecule has 4 heteroatoms. The molecule has 0 amide bonds. The Balaban J connectivity index is 2.07. The van der Waals surface area contributed by atoms with E-state index in [9.17, 15) is 4.79 Å². The number of nitrogens with zero attached hydrogens (tertiary/aromatic N) is 2. The number of hydrogen-bond donors (Lipinski definition) is 0. The number of ketones is 1. The van der Waals surface area contributed by atoms with Gasteiger partial charge in [0.2, 0.25) is 0 Å². The van der Waals surface area contributed by atoms with Gasteiger partial charge in [-0.3, -0.25) is 9.69 Å². The summed E-state index contributed by atoms with van der Waals surface area (Å²) in [5, 5.41) is 0. The van der Waals surface area contributed by atoms with Gasteiger partial charge < -0.3 is 9.30 Å². The highest BCUT2D eigenvalue weighted by Gasteiger charge is 2.18. The van der Waals surface area contributed by atoms with Crippen LogP contribution in [0, 0.1) is 13.8 Å². The Labute approximate surface area is 115 Å². The lowest BCUT2D eigenvalue weighted by Gasteiger charge is -2.17. The van der Waals surface area contributed by atoms with Crippen LogP contribution in [0.1, 0.15) is 35.1 Å². The molecule has 0 saturated carbocycles. The molecule has 2 heterocycles. The maximum atomic E-state index is 12.4. The van der Waals surface area contributed by atoms with Crippen molar-refractivity contribution in [2.45, 2.75) is 33.7 Å². The Morgan fingerprint density at radius 1 is 1.32 bits per heavy atom. The van der Waals surface area contributed by atoms with Gasteiger partial charge in [-0.1, -0.05) is 0 Å². The van der Waals surface area contributed by atoms with E-state index in [2.05, 4.69) is 23.3 Å². The maximum Gasteiger partial charge on any atom is 0.178 e. The van der Waals surface area contributed by atoms with Crippen LogP contribution in [-0.2, 0) is 11.3 Å². The van der Waals surface area contributed by atoms with E-state index in [4.69, 9.17) is 4.74 Å². The lowest BCUT2D eigenvalue weighted by Crippen LogP contribution is -2.32. The largest absolute Gasteiger partial charge is 0.380 e. The summed E-state index contributed by atoms with van der Waals surface area (Å²) in [5.74, 6) is 0.231. The number of aromatic nitrogens is 1. The molecule has 0 bridgehead atoms. The number of Topliss-reactive ketones (excluding diaryl/α,β-unsaturated/α-hetero) is 1. The van der Waals surface area contributed by atoms with E-state index in [1.54, 1.807) is 0 Å². The van der Waals surface area contributed by atoms with Gasteiger partial charge in [-0.25, -0.2) is 0 Å². The topological polar surface area (TPSA) is 34.5 Å². The highest BCUT2D eigenvalue weighted by molar-refractivity contribution is 5.99. The van der Waals surface area contributed by atoms with E-state index >= 15 is 0 Å². The summed E-state index contributed by atoms with van der Waals surface area (Å²) in [6.07, 6.45) is 1.02. The number of carbonyl (C=O) groups is 1. The first-order valence-electron chi connectivity index (χ1n) is 7.13. The minimum Gasteiger partial charge on any atom is -0.380 e. The maximum absolute atomic E-state index is 12.4. The molecular formula is C15H24N2O2. The van der Waals surface area contributed by atoms with Crippen molar-refractivity contribution in [3.05, 3.63) is 23.0 Å². The average Bonchev–Trinajstić information content (AvgIpc) is 2.58. The van der Waals surface area contributed by atoms with Crippen molar-refractivity contribution < 1.29 is 9.53 Å². The van der Waals surface area contributed by atoms with Crippen LogP contribution in [0.5, 0.6) is 0 Å². The van der Waals surface area contributed by atoms with Gasteiger partial charge in [0.15, 0.2) is 5.78 Å². The van der Waals surface area contributed by atoms with Crippen LogP contribution in [0.4, 0.5) is 0 Å². The standard InChI is InChI=1S/C15H24N2O2/c1-4-17-12(2)10-14(13(17)3)15(18)11-16-6-5-8-19-9-7-16/h10H,4-9,11H2,1-3H3. The second-order valence-electron chi connectivity index (χ2n) is 5.19. The van der Waals surface area contributed by atoms with Crippen molar-refractivity contribution in [2.24, 2.45) is 0 Å². The molecule has 1 aromatic rings. The van der Waals surface area contributed by atoms with Crippen molar-refractivity contribution in [1.29, 1.82) is 0 Å². The van der Waals surface area contributed by atoms with Gasteiger partial charge in [-0.2, -0.15) is 0 Å². The fourth-order valence-electron chi connectivity index (χ4n) is 2.81. The van der Waals surface area contributed by atoms with Gasteiger partial charge in [0.1, 0.15) is 0 Å². The fourth-order valence-corrected chi connectivity index (χ4v) is 2.81. The van der Waals surface area contributed by atoms with Gasteiger partial charge in [-0.05, 0) is 33.3 Å². The van der Waals surface area contributed by atoms with Crippen molar-refractivity contribution in [2.75, 3.05) is 32.8 Å². The minimum absolute atomic E-state index is 0.231. The third kappa shape index (κ3) is 3.25. The van der Waals surface area contributed by atoms with Gasteiger partial charge in [-0.15, -0.1) is 0 Å². The number of hydrogen-bond acceptors (Lipinski definition) is 3. The number of rotatable bonds is 4. The third-order valence-electron chi connectivity index (χ3n) is 3.87. The Bertz CT molecular complexity index is 443. The molecular weight excluding hydrogens is 240 g/mol. The van der Waals surface area contributed by atoms with Crippen LogP contribution in [0.3, 0.4) is 0 Å². The Kier molecular flexibility index (Phi) is 4.77. The molecule has 1 aromatic heterocycles. The molecule has 0 radical (unpaired) electrons. The number of ether oxygens (including phenoxy) is 1. The molecule has 0 atom stereocenters. The first kappa shape index (κ1) is 14.3. The second-order valence-corrected chi connectivity index (χ2v) is 5.19. The lowest BCUT2D eigenvalue weighted by atomic mass is 10.1. The highest BCUT2D eigenvalue weighted by atomic mass is 16.5. The van der Waals surface area contributed by atoms with Gasteiger partial charge >= 0.3 is 0 Å². The molecule has 2 rings (SSSR count).